The van der Waals surface area contributed by atoms with Crippen molar-refractivity contribution in [2.24, 2.45) is 4.99 Å². The van der Waals surface area contributed by atoms with E-state index < -0.39 is 0 Å². The molecule has 7 heteroatoms. The Morgan fingerprint density at radius 1 is 1.12 bits per heavy atom. The van der Waals surface area contributed by atoms with Gasteiger partial charge >= 0.3 is 5.97 Å². The number of carbonyl (C=O) groups is 2. The van der Waals surface area contributed by atoms with Crippen molar-refractivity contribution in [2.75, 3.05) is 6.61 Å². The molecule has 2 heterocycles. The maximum absolute atomic E-state index is 12.5. The fourth-order valence-corrected chi connectivity index (χ4v) is 4.56. The molecular formula is C26H25N3O3S. The van der Waals surface area contributed by atoms with Crippen molar-refractivity contribution in [3.63, 3.8) is 0 Å². The lowest BCUT2D eigenvalue weighted by Gasteiger charge is -2.10. The van der Waals surface area contributed by atoms with E-state index in [9.17, 15) is 9.59 Å². The van der Waals surface area contributed by atoms with E-state index in [1.165, 1.54) is 11.8 Å². The van der Waals surface area contributed by atoms with Crippen LogP contribution in [0.3, 0.4) is 0 Å². The van der Waals surface area contributed by atoms with E-state index >= 15 is 0 Å². The number of esters is 1. The highest BCUT2D eigenvalue weighted by atomic mass is 32.2. The predicted molar refractivity (Wildman–Crippen MR) is 133 cm³/mol. The summed E-state index contributed by atoms with van der Waals surface area (Å²) in [5, 5.41) is 3.42. The zero-order chi connectivity index (χ0) is 23.5. The van der Waals surface area contributed by atoms with Crippen LogP contribution in [-0.4, -0.2) is 28.2 Å². The van der Waals surface area contributed by atoms with Crippen LogP contribution in [0.5, 0.6) is 0 Å². The van der Waals surface area contributed by atoms with Crippen molar-refractivity contribution < 1.29 is 14.3 Å². The molecule has 1 aliphatic heterocycles. The van der Waals surface area contributed by atoms with Gasteiger partial charge in [-0.3, -0.25) is 4.79 Å². The second-order valence-electron chi connectivity index (χ2n) is 7.75. The van der Waals surface area contributed by atoms with E-state index in [1.54, 1.807) is 19.1 Å². The maximum atomic E-state index is 12.5. The molecule has 33 heavy (non-hydrogen) atoms. The molecule has 0 atom stereocenters. The van der Waals surface area contributed by atoms with Crippen molar-refractivity contribution in [1.82, 2.24) is 9.88 Å². The summed E-state index contributed by atoms with van der Waals surface area (Å²) in [6, 6.07) is 17.2. The number of ether oxygens (including phenoxy) is 1. The molecule has 1 aromatic heterocycles. The summed E-state index contributed by atoms with van der Waals surface area (Å²) in [7, 11) is 0. The second kappa shape index (κ2) is 9.50. The van der Waals surface area contributed by atoms with Crippen LogP contribution in [0.15, 0.2) is 64.5 Å². The summed E-state index contributed by atoms with van der Waals surface area (Å²) in [6.07, 6.45) is 1.89. The number of rotatable bonds is 5. The third kappa shape index (κ3) is 4.93. The third-order valence-corrected chi connectivity index (χ3v) is 6.19. The number of amidine groups is 1. The molecule has 0 bridgehead atoms. The Morgan fingerprint density at radius 3 is 2.58 bits per heavy atom. The van der Waals surface area contributed by atoms with Crippen molar-refractivity contribution in [3.8, 4) is 5.69 Å². The van der Waals surface area contributed by atoms with E-state index in [-0.39, 0.29) is 11.9 Å². The lowest BCUT2D eigenvalue weighted by molar-refractivity contribution is -0.115. The van der Waals surface area contributed by atoms with Gasteiger partial charge in [0, 0.05) is 17.1 Å². The Hall–Kier alpha value is -3.58. The van der Waals surface area contributed by atoms with E-state index in [1.807, 2.05) is 69.3 Å². The average Bonchev–Trinajstić information content (AvgIpc) is 3.26. The number of aliphatic imine (C=N–C) groups is 1. The summed E-state index contributed by atoms with van der Waals surface area (Å²) < 4.78 is 7.16. The standard InChI is InChI=1S/C26H25N3O3S/c1-5-32-25(31)19-9-11-22(12-10-19)29-17(3)14-20(18(29)4)15-23-24(30)28-26(33-23)27-21-8-6-7-16(2)13-21/h6-15H,5H2,1-4H3,(H,27,28,30)/b23-15-. The summed E-state index contributed by atoms with van der Waals surface area (Å²) in [5.74, 6) is -0.488. The minimum atomic E-state index is -0.331. The maximum Gasteiger partial charge on any atom is 0.338 e. The molecule has 1 saturated heterocycles. The molecule has 1 amide bonds. The molecule has 0 radical (unpaired) electrons. The number of aromatic nitrogens is 1. The number of carbonyl (C=O) groups excluding carboxylic acids is 2. The Bertz CT molecular complexity index is 1290. The average molecular weight is 460 g/mol. The van der Waals surface area contributed by atoms with Gasteiger partial charge in [-0.2, -0.15) is 0 Å². The number of amides is 1. The third-order valence-electron chi connectivity index (χ3n) is 5.28. The quantitative estimate of drug-likeness (QED) is 0.406. The molecule has 0 spiro atoms. The summed E-state index contributed by atoms with van der Waals surface area (Å²) in [5.41, 5.74) is 6.36. The number of hydrogen-bond donors (Lipinski definition) is 1. The summed E-state index contributed by atoms with van der Waals surface area (Å²) in [4.78, 5) is 29.6. The molecule has 0 aliphatic carbocycles. The fraction of sp³-hybridized carbons (Fsp3) is 0.192. The van der Waals surface area contributed by atoms with E-state index in [2.05, 4.69) is 14.9 Å². The minimum Gasteiger partial charge on any atom is -0.462 e. The Balaban J connectivity index is 1.59. The fourth-order valence-electron chi connectivity index (χ4n) is 3.73. The normalized spacial score (nSPS) is 15.8. The van der Waals surface area contributed by atoms with Gasteiger partial charge in [-0.15, -0.1) is 0 Å². The molecule has 3 aromatic rings. The highest BCUT2D eigenvalue weighted by Gasteiger charge is 2.24. The molecular weight excluding hydrogens is 434 g/mol. The first-order valence-corrected chi connectivity index (χ1v) is 11.5. The zero-order valence-electron chi connectivity index (χ0n) is 19.0. The molecule has 1 aliphatic rings. The lowest BCUT2D eigenvalue weighted by atomic mass is 10.2. The topological polar surface area (TPSA) is 72.7 Å². The van der Waals surface area contributed by atoms with Gasteiger partial charge in [-0.05, 0) is 99.1 Å². The number of nitrogens with zero attached hydrogens (tertiary/aromatic N) is 2. The van der Waals surface area contributed by atoms with Crippen molar-refractivity contribution in [3.05, 3.63) is 87.6 Å². The van der Waals surface area contributed by atoms with Gasteiger partial charge in [-0.1, -0.05) is 12.1 Å². The smallest absolute Gasteiger partial charge is 0.338 e. The first-order valence-electron chi connectivity index (χ1n) is 10.7. The highest BCUT2D eigenvalue weighted by molar-refractivity contribution is 8.18. The van der Waals surface area contributed by atoms with Crippen LogP contribution in [0.2, 0.25) is 0 Å². The Kier molecular flexibility index (Phi) is 6.51. The number of benzene rings is 2. The van der Waals surface area contributed by atoms with Crippen LogP contribution >= 0.6 is 11.8 Å². The minimum absolute atomic E-state index is 0.157. The molecule has 2 aromatic carbocycles. The monoisotopic (exact) mass is 459 g/mol. The molecule has 4 rings (SSSR count). The first-order chi connectivity index (χ1) is 15.9. The SMILES string of the molecule is CCOC(=O)c1ccc(-n2c(C)cc(/C=C3\SC(=Nc4cccc(C)c4)NC3=O)c2C)cc1. The summed E-state index contributed by atoms with van der Waals surface area (Å²) >= 11 is 1.33. The van der Waals surface area contributed by atoms with Crippen LogP contribution < -0.4 is 5.32 Å². The van der Waals surface area contributed by atoms with Crippen molar-refractivity contribution >= 4 is 40.6 Å². The number of nitrogens with one attached hydrogen (secondary N) is 1. The van der Waals surface area contributed by atoms with Gasteiger partial charge in [0.25, 0.3) is 5.91 Å². The zero-order valence-corrected chi connectivity index (χ0v) is 19.8. The van der Waals surface area contributed by atoms with Gasteiger partial charge in [0.15, 0.2) is 5.17 Å². The molecule has 1 fully saturated rings. The van der Waals surface area contributed by atoms with Gasteiger partial charge in [0.05, 0.1) is 22.8 Å². The molecule has 0 unspecified atom stereocenters. The van der Waals surface area contributed by atoms with Gasteiger partial charge < -0.3 is 14.6 Å². The number of hydrogen-bond acceptors (Lipinski definition) is 5. The van der Waals surface area contributed by atoms with Gasteiger partial charge in [0.2, 0.25) is 0 Å². The molecule has 1 N–H and O–H groups in total. The van der Waals surface area contributed by atoms with E-state index in [4.69, 9.17) is 4.74 Å². The first kappa shape index (κ1) is 22.6. The van der Waals surface area contributed by atoms with E-state index in [0.29, 0.717) is 22.2 Å². The Morgan fingerprint density at radius 2 is 1.88 bits per heavy atom. The lowest BCUT2D eigenvalue weighted by Crippen LogP contribution is -2.19. The Labute approximate surface area is 197 Å². The van der Waals surface area contributed by atoms with Gasteiger partial charge in [-0.25, -0.2) is 9.79 Å². The van der Waals surface area contributed by atoms with Crippen LogP contribution in [-0.2, 0) is 9.53 Å². The van der Waals surface area contributed by atoms with Crippen LogP contribution in [0.4, 0.5) is 5.69 Å². The summed E-state index contributed by atoms with van der Waals surface area (Å²) in [6.45, 7) is 8.17. The molecule has 168 valence electrons. The van der Waals surface area contributed by atoms with Gasteiger partial charge in [0.1, 0.15) is 0 Å². The van der Waals surface area contributed by atoms with Crippen molar-refractivity contribution in [1.29, 1.82) is 0 Å². The van der Waals surface area contributed by atoms with Crippen LogP contribution in [0.25, 0.3) is 11.8 Å². The molecule has 0 saturated carbocycles. The predicted octanol–water partition coefficient (Wildman–Crippen LogP) is 5.47. The van der Waals surface area contributed by atoms with Crippen molar-refractivity contribution in [2.45, 2.75) is 27.7 Å². The highest BCUT2D eigenvalue weighted by Crippen LogP contribution is 2.30. The molecule has 6 nitrogen and oxygen atoms in total. The largest absolute Gasteiger partial charge is 0.462 e. The van der Waals surface area contributed by atoms with Crippen LogP contribution in [0, 0.1) is 20.8 Å². The second-order valence-corrected chi connectivity index (χ2v) is 8.78. The van der Waals surface area contributed by atoms with E-state index in [0.717, 1.165) is 33.9 Å². The number of aryl methyl sites for hydroxylation is 2. The van der Waals surface area contributed by atoms with Crippen LogP contribution in [0.1, 0.15) is 39.8 Å². The number of thioether (sulfide) groups is 1.